The number of hydrogen-bond acceptors (Lipinski definition) is 9. The summed E-state index contributed by atoms with van der Waals surface area (Å²) in [4.78, 5) is 24.6. The molecule has 0 bridgehead atoms. The zero-order chi connectivity index (χ0) is 18.2. The Labute approximate surface area is 153 Å². The number of imidazole rings is 1. The Morgan fingerprint density at radius 3 is 2.67 bits per heavy atom. The van der Waals surface area contributed by atoms with Crippen LogP contribution in [0.1, 0.15) is 5.82 Å². The van der Waals surface area contributed by atoms with E-state index in [0.29, 0.717) is 42.1 Å². The van der Waals surface area contributed by atoms with Crippen molar-refractivity contribution in [1.82, 2.24) is 34.6 Å². The molecule has 10 heteroatoms. The second kappa shape index (κ2) is 6.40. The van der Waals surface area contributed by atoms with Crippen molar-refractivity contribution in [3.8, 4) is 17.5 Å². The summed E-state index contributed by atoms with van der Waals surface area (Å²) in [7, 11) is 0. The molecule has 4 aromatic heterocycles. The van der Waals surface area contributed by atoms with Crippen LogP contribution in [0.25, 0.3) is 28.6 Å². The van der Waals surface area contributed by atoms with E-state index in [2.05, 4.69) is 25.0 Å². The van der Waals surface area contributed by atoms with Crippen LogP contribution in [-0.2, 0) is 4.74 Å². The Kier molecular flexibility index (Phi) is 3.75. The molecular formula is C17H16N8O2. The third-order valence-corrected chi connectivity index (χ3v) is 4.30. The van der Waals surface area contributed by atoms with E-state index in [-0.39, 0.29) is 0 Å². The number of rotatable bonds is 3. The van der Waals surface area contributed by atoms with E-state index in [1.807, 2.05) is 18.3 Å². The normalized spacial score (nSPS) is 14.8. The molecule has 0 unspecified atom stereocenters. The van der Waals surface area contributed by atoms with E-state index in [9.17, 15) is 0 Å². The lowest BCUT2D eigenvalue weighted by atomic mass is 10.2. The molecule has 0 radical (unpaired) electrons. The number of ether oxygens (including phenoxy) is 1. The maximum absolute atomic E-state index is 5.48. The van der Waals surface area contributed by atoms with Crippen LogP contribution in [0.5, 0.6) is 0 Å². The minimum atomic E-state index is 0.376. The Morgan fingerprint density at radius 2 is 1.93 bits per heavy atom. The van der Waals surface area contributed by atoms with Crippen molar-refractivity contribution in [2.45, 2.75) is 6.92 Å². The van der Waals surface area contributed by atoms with Crippen molar-refractivity contribution < 1.29 is 9.26 Å². The second-order valence-corrected chi connectivity index (χ2v) is 6.13. The molecule has 0 saturated carbocycles. The number of nitrogens with zero attached hydrogens (tertiary/aromatic N) is 8. The molecule has 0 amide bonds. The van der Waals surface area contributed by atoms with E-state index < -0.39 is 0 Å². The third kappa shape index (κ3) is 2.89. The number of hydrogen-bond donors (Lipinski definition) is 0. The third-order valence-electron chi connectivity index (χ3n) is 4.30. The molecule has 0 N–H and O–H groups in total. The van der Waals surface area contributed by atoms with Gasteiger partial charge in [0.05, 0.1) is 18.7 Å². The molecule has 1 aliphatic heterocycles. The summed E-state index contributed by atoms with van der Waals surface area (Å²) < 4.78 is 12.5. The van der Waals surface area contributed by atoms with Crippen molar-refractivity contribution >= 4 is 16.9 Å². The quantitative estimate of drug-likeness (QED) is 0.533. The maximum atomic E-state index is 5.48. The molecule has 27 heavy (non-hydrogen) atoms. The Balaban J connectivity index is 1.69. The van der Waals surface area contributed by atoms with Gasteiger partial charge in [0.1, 0.15) is 17.5 Å². The molecule has 1 saturated heterocycles. The van der Waals surface area contributed by atoms with E-state index in [1.165, 1.54) is 0 Å². The SMILES string of the molecule is Cc1noc(-c2ccc3nc(-n4ccnc4)nc(N4CCOCC4)c3n2)n1. The molecule has 5 heterocycles. The van der Waals surface area contributed by atoms with Crippen LogP contribution in [0.15, 0.2) is 35.4 Å². The summed E-state index contributed by atoms with van der Waals surface area (Å²) in [6.45, 7) is 4.54. The van der Waals surface area contributed by atoms with Crippen molar-refractivity contribution in [3.05, 3.63) is 36.7 Å². The highest BCUT2D eigenvalue weighted by Crippen LogP contribution is 2.27. The Morgan fingerprint density at radius 1 is 1.04 bits per heavy atom. The number of anilines is 1. The van der Waals surface area contributed by atoms with Gasteiger partial charge in [0.15, 0.2) is 11.6 Å². The van der Waals surface area contributed by atoms with Gasteiger partial charge >= 0.3 is 0 Å². The van der Waals surface area contributed by atoms with Gasteiger partial charge in [0, 0.05) is 25.5 Å². The minimum absolute atomic E-state index is 0.376. The van der Waals surface area contributed by atoms with Crippen molar-refractivity contribution in [1.29, 1.82) is 0 Å². The number of morpholine rings is 1. The first kappa shape index (κ1) is 15.8. The second-order valence-electron chi connectivity index (χ2n) is 6.13. The summed E-state index contributed by atoms with van der Waals surface area (Å²) >= 11 is 0. The average molecular weight is 364 g/mol. The summed E-state index contributed by atoms with van der Waals surface area (Å²) in [5.41, 5.74) is 2.01. The van der Waals surface area contributed by atoms with Crippen LogP contribution in [-0.4, -0.2) is 60.9 Å². The first-order chi connectivity index (χ1) is 13.3. The van der Waals surface area contributed by atoms with Gasteiger partial charge in [-0.15, -0.1) is 0 Å². The van der Waals surface area contributed by atoms with Crippen LogP contribution in [0.4, 0.5) is 5.82 Å². The zero-order valence-corrected chi connectivity index (χ0v) is 14.6. The molecule has 1 fully saturated rings. The zero-order valence-electron chi connectivity index (χ0n) is 14.6. The fraction of sp³-hybridized carbons (Fsp3) is 0.294. The first-order valence-electron chi connectivity index (χ1n) is 8.58. The Bertz CT molecular complexity index is 1090. The largest absolute Gasteiger partial charge is 0.378 e. The topological polar surface area (TPSA) is 108 Å². The fourth-order valence-electron chi connectivity index (χ4n) is 3.00. The van der Waals surface area contributed by atoms with Crippen molar-refractivity contribution in [2.24, 2.45) is 0 Å². The number of pyridine rings is 1. The lowest BCUT2D eigenvalue weighted by Gasteiger charge is -2.28. The van der Waals surface area contributed by atoms with Crippen LogP contribution < -0.4 is 4.90 Å². The Hall–Kier alpha value is -3.40. The van der Waals surface area contributed by atoms with E-state index in [0.717, 1.165) is 24.4 Å². The molecule has 5 rings (SSSR count). The van der Waals surface area contributed by atoms with Crippen LogP contribution in [0, 0.1) is 6.92 Å². The predicted octanol–water partition coefficient (Wildman–Crippen LogP) is 1.41. The molecule has 1 aliphatic rings. The van der Waals surface area contributed by atoms with E-state index >= 15 is 0 Å². The van der Waals surface area contributed by atoms with Gasteiger partial charge in [-0.25, -0.2) is 15.0 Å². The summed E-state index contributed by atoms with van der Waals surface area (Å²) in [6.07, 6.45) is 5.18. The number of fused-ring (bicyclic) bond motifs is 1. The van der Waals surface area contributed by atoms with Gasteiger partial charge in [0.2, 0.25) is 5.95 Å². The summed E-state index contributed by atoms with van der Waals surface area (Å²) in [5, 5.41) is 3.84. The van der Waals surface area contributed by atoms with Gasteiger partial charge < -0.3 is 14.2 Å². The summed E-state index contributed by atoms with van der Waals surface area (Å²) in [5.74, 6) is 2.24. The standard InChI is InChI=1S/C17H16N8O2/c1-11-19-16(27-23-11)13-3-2-12-14(20-13)15(24-6-8-26-9-7-24)22-17(21-12)25-5-4-18-10-25/h2-5,10H,6-9H2,1H3. The number of aryl methyl sites for hydroxylation is 1. The molecule has 0 aliphatic carbocycles. The van der Waals surface area contributed by atoms with Gasteiger partial charge in [-0.1, -0.05) is 5.16 Å². The highest BCUT2D eigenvalue weighted by Gasteiger charge is 2.20. The predicted molar refractivity (Wildman–Crippen MR) is 95.5 cm³/mol. The smallest absolute Gasteiger partial charge is 0.276 e. The molecule has 0 spiro atoms. The van der Waals surface area contributed by atoms with Gasteiger partial charge in [0.25, 0.3) is 5.89 Å². The van der Waals surface area contributed by atoms with E-state index in [1.54, 1.807) is 24.0 Å². The number of aromatic nitrogens is 7. The fourth-order valence-corrected chi connectivity index (χ4v) is 3.00. The monoisotopic (exact) mass is 364 g/mol. The maximum Gasteiger partial charge on any atom is 0.276 e. The van der Waals surface area contributed by atoms with E-state index in [4.69, 9.17) is 19.2 Å². The highest BCUT2D eigenvalue weighted by atomic mass is 16.5. The van der Waals surface area contributed by atoms with Crippen LogP contribution in [0.3, 0.4) is 0 Å². The molecule has 136 valence electrons. The van der Waals surface area contributed by atoms with Crippen LogP contribution in [0.2, 0.25) is 0 Å². The molecule has 0 aromatic carbocycles. The lowest BCUT2D eigenvalue weighted by Crippen LogP contribution is -2.37. The highest BCUT2D eigenvalue weighted by molar-refractivity contribution is 5.87. The van der Waals surface area contributed by atoms with Gasteiger partial charge in [-0.3, -0.25) is 4.57 Å². The molecule has 4 aromatic rings. The van der Waals surface area contributed by atoms with Gasteiger partial charge in [-0.05, 0) is 19.1 Å². The summed E-state index contributed by atoms with van der Waals surface area (Å²) in [6, 6.07) is 3.71. The van der Waals surface area contributed by atoms with Crippen molar-refractivity contribution in [2.75, 3.05) is 31.2 Å². The molecule has 10 nitrogen and oxygen atoms in total. The van der Waals surface area contributed by atoms with Crippen molar-refractivity contribution in [3.63, 3.8) is 0 Å². The first-order valence-corrected chi connectivity index (χ1v) is 8.58. The van der Waals surface area contributed by atoms with Crippen LogP contribution >= 0.6 is 0 Å². The lowest BCUT2D eigenvalue weighted by molar-refractivity contribution is 0.122. The van der Waals surface area contributed by atoms with Gasteiger partial charge in [-0.2, -0.15) is 9.97 Å². The molecular weight excluding hydrogens is 348 g/mol. The average Bonchev–Trinajstić information content (AvgIpc) is 3.39. The molecule has 0 atom stereocenters. The minimum Gasteiger partial charge on any atom is -0.378 e.